The number of hydrogen-bond donors (Lipinski definition) is 2. The van der Waals surface area contributed by atoms with Crippen molar-refractivity contribution in [3.63, 3.8) is 0 Å². The molecule has 5 nitrogen and oxygen atoms in total. The molecule has 0 unspecified atom stereocenters. The van der Waals surface area contributed by atoms with Gasteiger partial charge in [-0.05, 0) is 36.4 Å². The Kier molecular flexibility index (Phi) is 5.99. The van der Waals surface area contributed by atoms with Gasteiger partial charge in [0.25, 0.3) is 11.8 Å². The lowest BCUT2D eigenvalue weighted by Gasteiger charge is -2.11. The first-order valence-electron chi connectivity index (χ1n) is 7.96. The number of halogens is 1. The second kappa shape index (κ2) is 8.60. The smallest absolute Gasteiger partial charge is 0.255 e. The van der Waals surface area contributed by atoms with Crippen LogP contribution in [0.2, 0.25) is 5.02 Å². The molecule has 3 rings (SSSR count). The minimum Gasteiger partial charge on any atom is -0.352 e. The van der Waals surface area contributed by atoms with E-state index in [2.05, 4.69) is 15.6 Å². The molecule has 0 saturated carbocycles. The molecule has 0 aliphatic heterocycles. The van der Waals surface area contributed by atoms with E-state index in [1.807, 2.05) is 5.38 Å². The van der Waals surface area contributed by atoms with Gasteiger partial charge in [0.05, 0.1) is 16.3 Å². The monoisotopic (exact) mass is 385 g/mol. The number of rotatable bonds is 6. The summed E-state index contributed by atoms with van der Waals surface area (Å²) >= 11 is 7.39. The Hall–Kier alpha value is -2.70. The number of thiazole rings is 1. The first kappa shape index (κ1) is 18.1. The van der Waals surface area contributed by atoms with Crippen LogP contribution in [0, 0.1) is 0 Å². The van der Waals surface area contributed by atoms with Crippen molar-refractivity contribution in [1.82, 2.24) is 10.3 Å². The van der Waals surface area contributed by atoms with E-state index in [1.54, 1.807) is 66.1 Å². The first-order chi connectivity index (χ1) is 12.6. The first-order valence-corrected chi connectivity index (χ1v) is 9.22. The van der Waals surface area contributed by atoms with Crippen molar-refractivity contribution in [3.05, 3.63) is 81.3 Å². The van der Waals surface area contributed by atoms with E-state index < -0.39 is 0 Å². The predicted molar refractivity (Wildman–Crippen MR) is 104 cm³/mol. The maximum atomic E-state index is 12.5. The summed E-state index contributed by atoms with van der Waals surface area (Å²) in [6, 6.07) is 13.5. The zero-order valence-corrected chi connectivity index (χ0v) is 15.3. The van der Waals surface area contributed by atoms with Crippen molar-refractivity contribution < 1.29 is 9.59 Å². The molecule has 1 aromatic heterocycles. The normalized spacial score (nSPS) is 10.3. The van der Waals surface area contributed by atoms with Gasteiger partial charge in [-0.2, -0.15) is 0 Å². The number of nitrogens with zero attached hydrogens (tertiary/aromatic N) is 1. The third-order valence-electron chi connectivity index (χ3n) is 3.63. The van der Waals surface area contributed by atoms with E-state index in [0.717, 1.165) is 5.01 Å². The van der Waals surface area contributed by atoms with E-state index in [4.69, 9.17) is 11.6 Å². The number of benzene rings is 2. The van der Waals surface area contributed by atoms with Gasteiger partial charge in [-0.3, -0.25) is 9.59 Å². The number of anilines is 1. The van der Waals surface area contributed by atoms with Crippen molar-refractivity contribution in [2.75, 3.05) is 11.9 Å². The van der Waals surface area contributed by atoms with Gasteiger partial charge in [0.2, 0.25) is 0 Å². The quantitative estimate of drug-likeness (QED) is 0.673. The molecule has 2 amide bonds. The SMILES string of the molecule is O=C(Nc1ccccc1C(=O)NCCc1nccs1)c1ccc(Cl)cc1. The van der Waals surface area contributed by atoms with Gasteiger partial charge in [-0.1, -0.05) is 23.7 Å². The zero-order valence-electron chi connectivity index (χ0n) is 13.7. The summed E-state index contributed by atoms with van der Waals surface area (Å²) in [7, 11) is 0. The Bertz CT molecular complexity index is 895. The van der Waals surface area contributed by atoms with E-state index in [9.17, 15) is 9.59 Å². The fourth-order valence-corrected chi connectivity index (χ4v) is 3.09. The average molecular weight is 386 g/mol. The van der Waals surface area contributed by atoms with Crippen LogP contribution in [-0.4, -0.2) is 23.3 Å². The third kappa shape index (κ3) is 4.68. The van der Waals surface area contributed by atoms with Crippen LogP contribution in [0.25, 0.3) is 0 Å². The molecule has 0 atom stereocenters. The van der Waals surface area contributed by atoms with Crippen LogP contribution < -0.4 is 10.6 Å². The summed E-state index contributed by atoms with van der Waals surface area (Å²) in [6.45, 7) is 0.478. The number of nitrogens with one attached hydrogen (secondary N) is 2. The Balaban J connectivity index is 1.66. The summed E-state index contributed by atoms with van der Waals surface area (Å²) in [5.41, 5.74) is 1.33. The van der Waals surface area contributed by atoms with Crippen LogP contribution in [0.1, 0.15) is 25.7 Å². The largest absolute Gasteiger partial charge is 0.352 e. The molecule has 0 aliphatic rings. The number of aromatic nitrogens is 1. The van der Waals surface area contributed by atoms with Crippen molar-refractivity contribution in [2.24, 2.45) is 0 Å². The van der Waals surface area contributed by atoms with Crippen LogP contribution in [0.5, 0.6) is 0 Å². The molecule has 26 heavy (non-hydrogen) atoms. The number of carbonyl (C=O) groups excluding carboxylic acids is 2. The molecule has 7 heteroatoms. The zero-order chi connectivity index (χ0) is 18.4. The van der Waals surface area contributed by atoms with Crippen LogP contribution in [0.15, 0.2) is 60.1 Å². The summed E-state index contributed by atoms with van der Waals surface area (Å²) in [6.07, 6.45) is 2.41. The van der Waals surface area contributed by atoms with E-state index in [0.29, 0.717) is 34.8 Å². The molecule has 2 aromatic carbocycles. The molecule has 3 aromatic rings. The number of hydrogen-bond acceptors (Lipinski definition) is 4. The van der Waals surface area contributed by atoms with Gasteiger partial charge in [0.15, 0.2) is 0 Å². The lowest BCUT2D eigenvalue weighted by Crippen LogP contribution is -2.27. The molecule has 0 fully saturated rings. The van der Waals surface area contributed by atoms with Crippen LogP contribution in [-0.2, 0) is 6.42 Å². The highest BCUT2D eigenvalue weighted by Crippen LogP contribution is 2.17. The molecule has 2 N–H and O–H groups in total. The van der Waals surface area contributed by atoms with Crippen molar-refractivity contribution in [3.8, 4) is 0 Å². The number of carbonyl (C=O) groups is 2. The third-order valence-corrected chi connectivity index (χ3v) is 4.73. The van der Waals surface area contributed by atoms with Crippen molar-refractivity contribution >= 4 is 40.4 Å². The molecular formula is C19H16ClN3O2S. The van der Waals surface area contributed by atoms with Gasteiger partial charge in [-0.25, -0.2) is 4.98 Å². The molecule has 132 valence electrons. The molecule has 0 aliphatic carbocycles. The predicted octanol–water partition coefficient (Wildman–Crippen LogP) is 4.02. The molecule has 0 bridgehead atoms. The minimum absolute atomic E-state index is 0.242. The summed E-state index contributed by atoms with van der Waals surface area (Å²) in [5, 5.41) is 9.06. The van der Waals surface area contributed by atoms with Gasteiger partial charge in [0, 0.05) is 35.1 Å². The molecule has 1 heterocycles. The van der Waals surface area contributed by atoms with E-state index in [-0.39, 0.29) is 11.8 Å². The Morgan fingerprint density at radius 3 is 2.54 bits per heavy atom. The lowest BCUT2D eigenvalue weighted by molar-refractivity contribution is 0.0955. The van der Waals surface area contributed by atoms with Crippen LogP contribution in [0.4, 0.5) is 5.69 Å². The van der Waals surface area contributed by atoms with Crippen molar-refractivity contribution in [2.45, 2.75) is 6.42 Å². The molecule has 0 saturated heterocycles. The highest BCUT2D eigenvalue weighted by atomic mass is 35.5. The van der Waals surface area contributed by atoms with E-state index >= 15 is 0 Å². The fourth-order valence-electron chi connectivity index (χ4n) is 2.34. The van der Waals surface area contributed by atoms with Gasteiger partial charge < -0.3 is 10.6 Å². The highest BCUT2D eigenvalue weighted by molar-refractivity contribution is 7.09. The van der Waals surface area contributed by atoms with Gasteiger partial charge in [0.1, 0.15) is 0 Å². The Morgan fingerprint density at radius 1 is 1.04 bits per heavy atom. The van der Waals surface area contributed by atoms with Crippen LogP contribution in [0.3, 0.4) is 0 Å². The maximum Gasteiger partial charge on any atom is 0.255 e. The lowest BCUT2D eigenvalue weighted by atomic mass is 10.1. The second-order valence-electron chi connectivity index (χ2n) is 5.44. The summed E-state index contributed by atoms with van der Waals surface area (Å²) in [4.78, 5) is 29.0. The standard InChI is InChI=1S/C19H16ClN3O2S/c20-14-7-5-13(6-8-14)18(24)23-16-4-2-1-3-15(16)19(25)22-10-9-17-21-11-12-26-17/h1-8,11-12H,9-10H2,(H,22,25)(H,23,24). The second-order valence-corrected chi connectivity index (χ2v) is 6.85. The van der Waals surface area contributed by atoms with E-state index in [1.165, 1.54) is 0 Å². The summed E-state index contributed by atoms with van der Waals surface area (Å²) in [5.74, 6) is -0.543. The average Bonchev–Trinajstić information content (AvgIpc) is 3.16. The minimum atomic E-state index is -0.301. The Labute approximate surface area is 160 Å². The Morgan fingerprint density at radius 2 is 1.81 bits per heavy atom. The number of amides is 2. The van der Waals surface area contributed by atoms with Gasteiger partial charge >= 0.3 is 0 Å². The highest BCUT2D eigenvalue weighted by Gasteiger charge is 2.14. The molecule has 0 radical (unpaired) electrons. The van der Waals surface area contributed by atoms with Gasteiger partial charge in [-0.15, -0.1) is 11.3 Å². The summed E-state index contributed by atoms with van der Waals surface area (Å²) < 4.78 is 0. The molecule has 0 spiro atoms. The topological polar surface area (TPSA) is 71.1 Å². The molecular weight excluding hydrogens is 370 g/mol. The van der Waals surface area contributed by atoms with Crippen molar-refractivity contribution in [1.29, 1.82) is 0 Å². The van der Waals surface area contributed by atoms with Crippen LogP contribution >= 0.6 is 22.9 Å². The maximum absolute atomic E-state index is 12.5. The fraction of sp³-hybridized carbons (Fsp3) is 0.105. The number of para-hydroxylation sites is 1.